The third kappa shape index (κ3) is 3.87. The van der Waals surface area contributed by atoms with Gasteiger partial charge in [-0.1, -0.05) is 6.07 Å². The van der Waals surface area contributed by atoms with Crippen molar-refractivity contribution in [3.63, 3.8) is 0 Å². The summed E-state index contributed by atoms with van der Waals surface area (Å²) in [6.45, 7) is 0. The van der Waals surface area contributed by atoms with Crippen molar-refractivity contribution in [3.05, 3.63) is 63.4 Å². The molecule has 0 saturated carbocycles. The highest BCUT2D eigenvalue weighted by molar-refractivity contribution is 7.21. The van der Waals surface area contributed by atoms with E-state index in [1.54, 1.807) is 23.5 Å². The van der Waals surface area contributed by atoms with Gasteiger partial charge in [0.15, 0.2) is 11.5 Å². The Kier molecular flexibility index (Phi) is 6.44. The highest BCUT2D eigenvalue weighted by Gasteiger charge is 2.46. The first-order valence-electron chi connectivity index (χ1n) is 9.94. The molecule has 2 atom stereocenters. The molecular formula is C24H22O7S2. The van der Waals surface area contributed by atoms with E-state index in [1.807, 2.05) is 29.6 Å². The molecule has 2 heterocycles. The van der Waals surface area contributed by atoms with Crippen molar-refractivity contribution in [2.75, 3.05) is 28.4 Å². The van der Waals surface area contributed by atoms with Crippen molar-refractivity contribution in [2.45, 2.75) is 5.92 Å². The zero-order chi connectivity index (χ0) is 23.7. The largest absolute Gasteiger partial charge is 0.507 e. The van der Waals surface area contributed by atoms with Gasteiger partial charge in [0.2, 0.25) is 0 Å². The summed E-state index contributed by atoms with van der Waals surface area (Å²) in [6, 6.07) is 11.2. The number of hydrogen-bond acceptors (Lipinski definition) is 9. The van der Waals surface area contributed by atoms with Crippen molar-refractivity contribution in [2.24, 2.45) is 5.92 Å². The Morgan fingerprint density at radius 1 is 0.939 bits per heavy atom. The fraction of sp³-hybridized carbons (Fsp3) is 0.250. The van der Waals surface area contributed by atoms with Gasteiger partial charge in [0, 0.05) is 26.1 Å². The normalized spacial score (nSPS) is 17.3. The molecule has 0 bridgehead atoms. The van der Waals surface area contributed by atoms with E-state index in [9.17, 15) is 14.7 Å². The zero-order valence-electron chi connectivity index (χ0n) is 18.4. The summed E-state index contributed by atoms with van der Waals surface area (Å²) in [5, 5.41) is 13.1. The first-order chi connectivity index (χ1) is 15.9. The van der Waals surface area contributed by atoms with Crippen LogP contribution in [0.5, 0.6) is 11.5 Å². The molecule has 1 aliphatic rings. The van der Waals surface area contributed by atoms with E-state index in [-0.39, 0.29) is 11.3 Å². The SMILES string of the molecule is COC(=O)C1=C(O)c2cc(OC)c(OC)cc2[C@@H](c2ccc(-c3cccs3)s2)[C@@H]1C(=O)OC. The molecular weight excluding hydrogens is 464 g/mol. The lowest BCUT2D eigenvalue weighted by molar-refractivity contribution is -0.148. The molecule has 1 N–H and O–H groups in total. The van der Waals surface area contributed by atoms with Gasteiger partial charge < -0.3 is 24.1 Å². The maximum atomic E-state index is 13.0. The Morgan fingerprint density at radius 3 is 2.27 bits per heavy atom. The second-order valence-electron chi connectivity index (χ2n) is 7.21. The quantitative estimate of drug-likeness (QED) is 0.497. The molecule has 1 aliphatic carbocycles. The summed E-state index contributed by atoms with van der Waals surface area (Å²) in [6.07, 6.45) is 0. The number of methoxy groups -OCH3 is 4. The summed E-state index contributed by atoms with van der Waals surface area (Å²) >= 11 is 3.13. The summed E-state index contributed by atoms with van der Waals surface area (Å²) in [5.41, 5.74) is 0.831. The van der Waals surface area contributed by atoms with Crippen LogP contribution in [0.1, 0.15) is 21.9 Å². The molecule has 0 fully saturated rings. The molecule has 1 aromatic carbocycles. The lowest BCUT2D eigenvalue weighted by Gasteiger charge is -2.33. The number of hydrogen-bond donors (Lipinski definition) is 1. The van der Waals surface area contributed by atoms with E-state index in [0.717, 1.165) is 14.6 Å². The molecule has 2 aromatic heterocycles. The molecule has 0 aliphatic heterocycles. The predicted molar refractivity (Wildman–Crippen MR) is 126 cm³/mol. The molecule has 9 heteroatoms. The van der Waals surface area contributed by atoms with E-state index in [1.165, 1.54) is 39.8 Å². The molecule has 0 spiro atoms. The number of benzene rings is 1. The smallest absolute Gasteiger partial charge is 0.338 e. The molecule has 0 radical (unpaired) electrons. The van der Waals surface area contributed by atoms with Crippen molar-refractivity contribution in [1.82, 2.24) is 0 Å². The van der Waals surface area contributed by atoms with Gasteiger partial charge in [-0.05, 0) is 41.3 Å². The van der Waals surface area contributed by atoms with Crippen molar-refractivity contribution < 1.29 is 33.6 Å². The second kappa shape index (κ2) is 9.29. The van der Waals surface area contributed by atoms with E-state index >= 15 is 0 Å². The van der Waals surface area contributed by atoms with Crippen LogP contribution in [0.4, 0.5) is 0 Å². The molecule has 0 unspecified atom stereocenters. The van der Waals surface area contributed by atoms with Gasteiger partial charge in [0.1, 0.15) is 11.7 Å². The van der Waals surface area contributed by atoms with Crippen LogP contribution >= 0.6 is 22.7 Å². The third-order valence-electron chi connectivity index (χ3n) is 5.60. The van der Waals surface area contributed by atoms with Crippen molar-refractivity contribution in [3.8, 4) is 21.3 Å². The van der Waals surface area contributed by atoms with Gasteiger partial charge in [-0.3, -0.25) is 4.79 Å². The number of carbonyl (C=O) groups is 2. The molecule has 3 aromatic rings. The van der Waals surface area contributed by atoms with Crippen molar-refractivity contribution >= 4 is 40.4 Å². The summed E-state index contributed by atoms with van der Waals surface area (Å²) < 4.78 is 20.9. The standard InChI is InChI=1S/C24H22O7S2/c1-28-14-10-12-13(11-15(14)29-2)22(25)21(24(27)31-4)20(23(26)30-3)19(12)18-8-7-17(33-18)16-6-5-9-32-16/h5-11,19-20,25H,1-4H3/t19-,20-/m0/s1. The number of fused-ring (bicyclic) bond motifs is 1. The number of rotatable bonds is 6. The molecule has 4 rings (SSSR count). The number of aliphatic hydroxyl groups is 1. The lowest BCUT2D eigenvalue weighted by Crippen LogP contribution is -2.34. The monoisotopic (exact) mass is 486 g/mol. The van der Waals surface area contributed by atoms with Crippen LogP contribution < -0.4 is 9.47 Å². The molecule has 172 valence electrons. The lowest BCUT2D eigenvalue weighted by atomic mass is 9.72. The topological polar surface area (TPSA) is 91.3 Å². The summed E-state index contributed by atoms with van der Waals surface area (Å²) in [7, 11) is 5.45. The fourth-order valence-corrected chi connectivity index (χ4v) is 6.10. The van der Waals surface area contributed by atoms with E-state index in [4.69, 9.17) is 18.9 Å². The van der Waals surface area contributed by atoms with Crippen LogP contribution in [0.3, 0.4) is 0 Å². The highest BCUT2D eigenvalue weighted by Crippen LogP contribution is 2.51. The fourth-order valence-electron chi connectivity index (χ4n) is 4.10. The van der Waals surface area contributed by atoms with Gasteiger partial charge >= 0.3 is 11.9 Å². The van der Waals surface area contributed by atoms with E-state index in [0.29, 0.717) is 22.6 Å². The molecule has 0 saturated heterocycles. The minimum Gasteiger partial charge on any atom is -0.507 e. The highest BCUT2D eigenvalue weighted by atomic mass is 32.1. The van der Waals surface area contributed by atoms with Crippen LogP contribution in [-0.4, -0.2) is 45.5 Å². The van der Waals surface area contributed by atoms with Crippen molar-refractivity contribution in [1.29, 1.82) is 0 Å². The summed E-state index contributed by atoms with van der Waals surface area (Å²) in [5.74, 6) is -2.71. The number of aliphatic hydroxyl groups excluding tert-OH is 1. The number of esters is 2. The second-order valence-corrected chi connectivity index (χ2v) is 9.27. The molecule has 7 nitrogen and oxygen atoms in total. The minimum atomic E-state index is -1.11. The van der Waals surface area contributed by atoms with Crippen LogP contribution in [0.25, 0.3) is 15.5 Å². The number of thiophene rings is 2. The number of carbonyl (C=O) groups excluding carboxylic acids is 2. The average Bonchev–Trinajstić information content (AvgIpc) is 3.54. The molecule has 33 heavy (non-hydrogen) atoms. The molecule has 0 amide bonds. The first kappa shape index (κ1) is 22.9. The maximum Gasteiger partial charge on any atom is 0.338 e. The Bertz CT molecular complexity index is 1220. The van der Waals surface area contributed by atoms with E-state index in [2.05, 4.69) is 0 Å². The van der Waals surface area contributed by atoms with Crippen LogP contribution in [0.15, 0.2) is 47.4 Å². The van der Waals surface area contributed by atoms with Gasteiger partial charge in [-0.25, -0.2) is 4.79 Å². The predicted octanol–water partition coefficient (Wildman–Crippen LogP) is 4.87. The van der Waals surface area contributed by atoms with Gasteiger partial charge in [-0.2, -0.15) is 0 Å². The third-order valence-corrected chi connectivity index (χ3v) is 7.84. The number of ether oxygens (including phenoxy) is 4. The van der Waals surface area contributed by atoms with E-state index < -0.39 is 23.8 Å². The average molecular weight is 487 g/mol. The van der Waals surface area contributed by atoms with Crippen LogP contribution in [0, 0.1) is 5.92 Å². The maximum absolute atomic E-state index is 13.0. The van der Waals surface area contributed by atoms with Crippen LogP contribution in [-0.2, 0) is 19.1 Å². The summed E-state index contributed by atoms with van der Waals surface area (Å²) in [4.78, 5) is 28.7. The van der Waals surface area contributed by atoms with Gasteiger partial charge in [0.25, 0.3) is 0 Å². The Morgan fingerprint density at radius 2 is 1.67 bits per heavy atom. The van der Waals surface area contributed by atoms with Crippen LogP contribution in [0.2, 0.25) is 0 Å². The van der Waals surface area contributed by atoms with Gasteiger partial charge in [-0.15, -0.1) is 22.7 Å². The Hall–Kier alpha value is -3.30. The minimum absolute atomic E-state index is 0.153. The Labute approximate surface area is 198 Å². The Balaban J connectivity index is 2.00. The first-order valence-corrected chi connectivity index (χ1v) is 11.6. The zero-order valence-corrected chi connectivity index (χ0v) is 20.0. The van der Waals surface area contributed by atoms with Gasteiger partial charge in [0.05, 0.1) is 34.0 Å².